The summed E-state index contributed by atoms with van der Waals surface area (Å²) in [4.78, 5) is 25.3. The predicted octanol–water partition coefficient (Wildman–Crippen LogP) is 3.45. The molecule has 0 fully saturated rings. The number of alkyl halides is 1. The van der Waals surface area contributed by atoms with E-state index in [2.05, 4.69) is 0 Å². The third kappa shape index (κ3) is 4.13. The van der Waals surface area contributed by atoms with Gasteiger partial charge in [-0.1, -0.05) is 25.2 Å². The molecule has 0 N–H and O–H groups in total. The number of amides is 1. The highest BCUT2D eigenvalue weighted by atomic mass is 35.5. The van der Waals surface area contributed by atoms with E-state index in [1.165, 1.54) is 11.8 Å². The minimum atomic E-state index is -0.752. The number of rotatable bonds is 5. The van der Waals surface area contributed by atoms with Crippen LogP contribution in [0, 0.1) is 0 Å². The molecule has 0 aromatic heterocycles. The van der Waals surface area contributed by atoms with Crippen LogP contribution < -0.4 is 0 Å². The van der Waals surface area contributed by atoms with E-state index in [1.54, 1.807) is 20.8 Å². The highest BCUT2D eigenvalue weighted by Gasteiger charge is 2.43. The number of hydrogen-bond acceptors (Lipinski definition) is 3. The second-order valence-corrected chi connectivity index (χ2v) is 6.91. The Labute approximate surface area is 138 Å². The Balaban J connectivity index is 3.18. The molecule has 0 heterocycles. The van der Waals surface area contributed by atoms with E-state index in [4.69, 9.17) is 16.3 Å². The minimum absolute atomic E-state index is 0.195. The van der Waals surface area contributed by atoms with Crippen molar-refractivity contribution in [2.45, 2.75) is 71.0 Å². The molecule has 1 aliphatic rings. The number of ether oxygens (including phenoxy) is 1. The first kappa shape index (κ1) is 18.8. The number of esters is 1. The maximum atomic E-state index is 12.3. The van der Waals surface area contributed by atoms with E-state index >= 15 is 0 Å². The van der Waals surface area contributed by atoms with E-state index in [-0.39, 0.29) is 18.1 Å². The van der Waals surface area contributed by atoms with E-state index in [1.807, 2.05) is 32.1 Å². The van der Waals surface area contributed by atoms with Gasteiger partial charge >= 0.3 is 5.97 Å². The van der Waals surface area contributed by atoms with Gasteiger partial charge in [0, 0.05) is 6.92 Å². The Morgan fingerprint density at radius 1 is 1.41 bits per heavy atom. The highest BCUT2D eigenvalue weighted by Crippen LogP contribution is 2.36. The standard InChI is InChI=1S/C17H26ClNO3/c1-7-14-9-8-10-17(6,18)15(14)19(13(5)20)12(4)16(21)22-11(2)3/h8-12,15H,7H2,1-6H3. The molecule has 0 radical (unpaired) electrons. The number of halogens is 1. The number of carbonyl (C=O) groups is 2. The molecular formula is C17H26ClNO3. The number of allylic oxidation sites excluding steroid dienone is 2. The summed E-state index contributed by atoms with van der Waals surface area (Å²) in [5.74, 6) is -0.609. The number of hydrogen-bond donors (Lipinski definition) is 0. The second-order valence-electron chi connectivity index (χ2n) is 6.10. The van der Waals surface area contributed by atoms with Crippen LogP contribution in [0.3, 0.4) is 0 Å². The van der Waals surface area contributed by atoms with E-state index < -0.39 is 16.9 Å². The van der Waals surface area contributed by atoms with Crippen molar-refractivity contribution >= 4 is 23.5 Å². The van der Waals surface area contributed by atoms with Gasteiger partial charge in [-0.15, -0.1) is 11.6 Å². The maximum absolute atomic E-state index is 12.3. The topological polar surface area (TPSA) is 46.6 Å². The fraction of sp³-hybridized carbons (Fsp3) is 0.647. The maximum Gasteiger partial charge on any atom is 0.328 e. The van der Waals surface area contributed by atoms with Crippen molar-refractivity contribution < 1.29 is 14.3 Å². The molecule has 124 valence electrons. The molecular weight excluding hydrogens is 302 g/mol. The van der Waals surface area contributed by atoms with Gasteiger partial charge < -0.3 is 9.64 Å². The molecule has 0 saturated carbocycles. The van der Waals surface area contributed by atoms with Crippen LogP contribution in [0.4, 0.5) is 0 Å². The first-order valence-corrected chi connectivity index (χ1v) is 8.06. The van der Waals surface area contributed by atoms with Gasteiger partial charge in [0.05, 0.1) is 17.0 Å². The molecule has 4 nitrogen and oxygen atoms in total. The van der Waals surface area contributed by atoms with Gasteiger partial charge in [-0.05, 0) is 39.7 Å². The van der Waals surface area contributed by atoms with Gasteiger partial charge in [0.25, 0.3) is 0 Å². The van der Waals surface area contributed by atoms with E-state index in [9.17, 15) is 9.59 Å². The van der Waals surface area contributed by atoms with Gasteiger partial charge in [-0.3, -0.25) is 4.79 Å². The SMILES string of the molecule is CCC1=CC=CC(C)(Cl)C1N(C(C)=O)C(C)C(=O)OC(C)C. The average molecular weight is 328 g/mol. The molecule has 3 atom stereocenters. The first-order chi connectivity index (χ1) is 10.1. The van der Waals surface area contributed by atoms with E-state index in [0.29, 0.717) is 0 Å². The van der Waals surface area contributed by atoms with Crippen molar-refractivity contribution in [3.8, 4) is 0 Å². The Morgan fingerprint density at radius 3 is 2.45 bits per heavy atom. The molecule has 0 aromatic carbocycles. The fourth-order valence-electron chi connectivity index (χ4n) is 2.79. The lowest BCUT2D eigenvalue weighted by Crippen LogP contribution is -2.57. The lowest BCUT2D eigenvalue weighted by molar-refractivity contribution is -0.158. The number of nitrogens with zero attached hydrogens (tertiary/aromatic N) is 1. The zero-order valence-corrected chi connectivity index (χ0v) is 15.0. The van der Waals surface area contributed by atoms with Crippen LogP contribution in [0.1, 0.15) is 48.0 Å². The Kier molecular flexibility index (Phi) is 6.24. The fourth-order valence-corrected chi connectivity index (χ4v) is 3.11. The van der Waals surface area contributed by atoms with Crippen LogP contribution >= 0.6 is 11.6 Å². The molecule has 1 rings (SSSR count). The normalized spacial score (nSPS) is 25.6. The molecule has 0 spiro atoms. The largest absolute Gasteiger partial charge is 0.461 e. The first-order valence-electron chi connectivity index (χ1n) is 7.68. The Hall–Kier alpha value is -1.29. The van der Waals surface area contributed by atoms with Gasteiger partial charge in [0.1, 0.15) is 6.04 Å². The molecule has 3 unspecified atom stereocenters. The minimum Gasteiger partial charge on any atom is -0.461 e. The lowest BCUT2D eigenvalue weighted by Gasteiger charge is -2.43. The van der Waals surface area contributed by atoms with Crippen molar-refractivity contribution in [3.05, 3.63) is 23.8 Å². The molecule has 22 heavy (non-hydrogen) atoms. The van der Waals surface area contributed by atoms with Crippen molar-refractivity contribution in [1.29, 1.82) is 0 Å². The summed E-state index contributed by atoms with van der Waals surface area (Å²) < 4.78 is 5.26. The summed E-state index contributed by atoms with van der Waals surface area (Å²) in [6.07, 6.45) is 6.25. The zero-order chi connectivity index (χ0) is 17.1. The van der Waals surface area contributed by atoms with Crippen molar-refractivity contribution in [1.82, 2.24) is 4.90 Å². The van der Waals surface area contributed by atoms with Crippen LogP contribution in [0.15, 0.2) is 23.8 Å². The zero-order valence-electron chi connectivity index (χ0n) is 14.2. The quantitative estimate of drug-likeness (QED) is 0.574. The summed E-state index contributed by atoms with van der Waals surface area (Å²) in [5, 5.41) is 0. The summed E-state index contributed by atoms with van der Waals surface area (Å²) >= 11 is 6.63. The molecule has 1 amide bonds. The van der Waals surface area contributed by atoms with E-state index in [0.717, 1.165) is 12.0 Å². The van der Waals surface area contributed by atoms with Gasteiger partial charge in [0.2, 0.25) is 5.91 Å². The van der Waals surface area contributed by atoms with Crippen molar-refractivity contribution in [2.75, 3.05) is 0 Å². The van der Waals surface area contributed by atoms with Crippen molar-refractivity contribution in [3.63, 3.8) is 0 Å². The summed E-state index contributed by atoms with van der Waals surface area (Å²) in [7, 11) is 0. The van der Waals surface area contributed by atoms with Gasteiger partial charge in [-0.2, -0.15) is 0 Å². The monoisotopic (exact) mass is 327 g/mol. The Bertz CT molecular complexity index is 494. The average Bonchev–Trinajstić information content (AvgIpc) is 2.38. The van der Waals surface area contributed by atoms with Crippen LogP contribution in [-0.4, -0.2) is 39.8 Å². The van der Waals surface area contributed by atoms with Gasteiger partial charge in [0.15, 0.2) is 0 Å². The molecule has 0 saturated heterocycles. The molecule has 5 heteroatoms. The third-order valence-electron chi connectivity index (χ3n) is 3.78. The summed E-state index contributed by atoms with van der Waals surface area (Å²) in [5.41, 5.74) is 1.03. The summed E-state index contributed by atoms with van der Waals surface area (Å²) in [6, 6.07) is -1.05. The second kappa shape index (κ2) is 7.32. The Morgan fingerprint density at radius 2 is 2.00 bits per heavy atom. The van der Waals surface area contributed by atoms with Crippen LogP contribution in [-0.2, 0) is 14.3 Å². The third-order valence-corrected chi connectivity index (χ3v) is 4.11. The molecule has 0 bridgehead atoms. The molecule has 0 aliphatic heterocycles. The molecule has 0 aromatic rings. The summed E-state index contributed by atoms with van der Waals surface area (Å²) in [6.45, 7) is 10.6. The van der Waals surface area contributed by atoms with Crippen LogP contribution in [0.2, 0.25) is 0 Å². The highest BCUT2D eigenvalue weighted by molar-refractivity contribution is 6.26. The van der Waals surface area contributed by atoms with Crippen molar-refractivity contribution in [2.24, 2.45) is 0 Å². The van der Waals surface area contributed by atoms with Gasteiger partial charge in [-0.25, -0.2) is 4.79 Å². The lowest BCUT2D eigenvalue weighted by atomic mass is 9.85. The predicted molar refractivity (Wildman–Crippen MR) is 88.8 cm³/mol. The smallest absolute Gasteiger partial charge is 0.328 e. The van der Waals surface area contributed by atoms with Crippen LogP contribution in [0.5, 0.6) is 0 Å². The number of carbonyl (C=O) groups excluding carboxylic acids is 2. The van der Waals surface area contributed by atoms with Crippen LogP contribution in [0.25, 0.3) is 0 Å². The molecule has 1 aliphatic carbocycles.